The van der Waals surface area contributed by atoms with Gasteiger partial charge in [0, 0.05) is 23.5 Å². The van der Waals surface area contributed by atoms with Crippen LogP contribution in [0.15, 0.2) is 11.4 Å². The summed E-state index contributed by atoms with van der Waals surface area (Å²) in [5.74, 6) is 0.478. The van der Waals surface area contributed by atoms with Crippen LogP contribution in [-0.4, -0.2) is 43.5 Å². The minimum absolute atomic E-state index is 0.0133. The maximum Gasteiger partial charge on any atom is 0.153 e. The lowest BCUT2D eigenvalue weighted by molar-refractivity contribution is 0.142. The van der Waals surface area contributed by atoms with Crippen LogP contribution in [0.2, 0.25) is 0 Å². The Morgan fingerprint density at radius 2 is 2.21 bits per heavy atom. The number of nitrogens with zero attached hydrogens (tertiary/aromatic N) is 1. The fourth-order valence-electron chi connectivity index (χ4n) is 2.80. The molecule has 2 rings (SSSR count). The van der Waals surface area contributed by atoms with Gasteiger partial charge in [-0.2, -0.15) is 0 Å². The van der Waals surface area contributed by atoms with E-state index in [0.717, 1.165) is 0 Å². The average molecular weight is 302 g/mol. The van der Waals surface area contributed by atoms with Crippen molar-refractivity contribution in [1.82, 2.24) is 4.90 Å². The standard InChI is InChI=1S/C13H22N2O2S2/c1-9-4-6-18-13(9)12(11(3)14)15-5-7-19(16,17)8-10(15)2/h4,6,10-12H,5,7-8,14H2,1-3H3. The van der Waals surface area contributed by atoms with E-state index in [0.29, 0.717) is 6.54 Å². The zero-order chi connectivity index (χ0) is 14.2. The molecule has 0 aromatic carbocycles. The summed E-state index contributed by atoms with van der Waals surface area (Å²) in [6, 6.07) is 2.23. The molecule has 0 amide bonds. The quantitative estimate of drug-likeness (QED) is 0.920. The highest BCUT2D eigenvalue weighted by atomic mass is 32.2. The number of hydrogen-bond donors (Lipinski definition) is 1. The lowest BCUT2D eigenvalue weighted by Crippen LogP contribution is -2.52. The van der Waals surface area contributed by atoms with Crippen molar-refractivity contribution in [1.29, 1.82) is 0 Å². The first-order valence-corrected chi connectivity index (χ1v) is 9.27. The lowest BCUT2D eigenvalue weighted by Gasteiger charge is -2.41. The second-order valence-corrected chi connectivity index (χ2v) is 8.65. The summed E-state index contributed by atoms with van der Waals surface area (Å²) in [7, 11) is -2.88. The molecule has 2 heterocycles. The van der Waals surface area contributed by atoms with Gasteiger partial charge < -0.3 is 5.73 Å². The molecule has 2 N–H and O–H groups in total. The first kappa shape index (κ1) is 15.0. The first-order valence-electron chi connectivity index (χ1n) is 6.57. The van der Waals surface area contributed by atoms with Gasteiger partial charge in [0.15, 0.2) is 9.84 Å². The zero-order valence-electron chi connectivity index (χ0n) is 11.7. The highest BCUT2D eigenvalue weighted by Crippen LogP contribution is 2.33. The topological polar surface area (TPSA) is 63.4 Å². The van der Waals surface area contributed by atoms with Crippen LogP contribution in [0.1, 0.15) is 30.3 Å². The molecule has 0 saturated carbocycles. The second kappa shape index (κ2) is 5.52. The summed E-state index contributed by atoms with van der Waals surface area (Å²) in [6.45, 7) is 6.65. The Morgan fingerprint density at radius 3 is 2.68 bits per heavy atom. The minimum Gasteiger partial charge on any atom is -0.326 e. The Balaban J connectivity index is 2.29. The highest BCUT2D eigenvalue weighted by molar-refractivity contribution is 7.91. The molecule has 0 radical (unpaired) electrons. The predicted octanol–water partition coefficient (Wildman–Crippen LogP) is 1.56. The van der Waals surface area contributed by atoms with Crippen molar-refractivity contribution >= 4 is 21.2 Å². The summed E-state index contributed by atoms with van der Waals surface area (Å²) in [5.41, 5.74) is 7.42. The van der Waals surface area contributed by atoms with Crippen molar-refractivity contribution in [2.45, 2.75) is 38.9 Å². The van der Waals surface area contributed by atoms with Crippen molar-refractivity contribution in [2.24, 2.45) is 5.73 Å². The van der Waals surface area contributed by atoms with E-state index in [9.17, 15) is 8.42 Å². The molecule has 1 aliphatic heterocycles. The van der Waals surface area contributed by atoms with Crippen LogP contribution in [0.4, 0.5) is 0 Å². The fourth-order valence-corrected chi connectivity index (χ4v) is 5.55. The van der Waals surface area contributed by atoms with Gasteiger partial charge in [0.2, 0.25) is 0 Å². The average Bonchev–Trinajstić information content (AvgIpc) is 2.67. The highest BCUT2D eigenvalue weighted by Gasteiger charge is 2.35. The summed E-state index contributed by atoms with van der Waals surface area (Å²) in [5, 5.41) is 2.07. The van der Waals surface area contributed by atoms with Crippen molar-refractivity contribution in [2.75, 3.05) is 18.1 Å². The van der Waals surface area contributed by atoms with Gasteiger partial charge in [-0.1, -0.05) is 0 Å². The molecule has 3 atom stereocenters. The Labute approximate surface area is 119 Å². The molecular formula is C13H22N2O2S2. The molecule has 1 aliphatic rings. The largest absolute Gasteiger partial charge is 0.326 e. The molecule has 0 bridgehead atoms. The summed E-state index contributed by atoms with van der Waals surface area (Å²) < 4.78 is 23.4. The van der Waals surface area contributed by atoms with Gasteiger partial charge >= 0.3 is 0 Å². The van der Waals surface area contributed by atoms with Crippen molar-refractivity contribution < 1.29 is 8.42 Å². The van der Waals surface area contributed by atoms with Crippen LogP contribution >= 0.6 is 11.3 Å². The summed E-state index contributed by atoms with van der Waals surface area (Å²) in [6.07, 6.45) is 0. The molecule has 1 saturated heterocycles. The van der Waals surface area contributed by atoms with Crippen LogP contribution in [-0.2, 0) is 9.84 Å². The van der Waals surface area contributed by atoms with E-state index < -0.39 is 9.84 Å². The molecule has 19 heavy (non-hydrogen) atoms. The van der Waals surface area contributed by atoms with Crippen LogP contribution in [0.3, 0.4) is 0 Å². The minimum atomic E-state index is -2.88. The number of nitrogens with two attached hydrogens (primary N) is 1. The van der Waals surface area contributed by atoms with Crippen LogP contribution in [0.5, 0.6) is 0 Å². The maximum atomic E-state index is 11.7. The molecule has 1 fully saturated rings. The molecule has 3 unspecified atom stereocenters. The lowest BCUT2D eigenvalue weighted by atomic mass is 10.0. The molecule has 6 heteroatoms. The Morgan fingerprint density at radius 1 is 1.53 bits per heavy atom. The third-order valence-corrected chi connectivity index (χ3v) is 6.63. The molecule has 0 spiro atoms. The molecule has 1 aromatic heterocycles. The third kappa shape index (κ3) is 3.18. The van der Waals surface area contributed by atoms with E-state index in [1.807, 2.05) is 13.8 Å². The number of hydrogen-bond acceptors (Lipinski definition) is 5. The molecule has 108 valence electrons. The van der Waals surface area contributed by atoms with Crippen molar-refractivity contribution in [3.05, 3.63) is 21.9 Å². The van der Waals surface area contributed by atoms with Gasteiger partial charge in [0.05, 0.1) is 17.5 Å². The second-order valence-electron chi connectivity index (χ2n) is 5.47. The normalized spacial score (nSPS) is 27.1. The Kier molecular flexibility index (Phi) is 4.35. The van der Waals surface area contributed by atoms with Crippen molar-refractivity contribution in [3.63, 3.8) is 0 Å². The van der Waals surface area contributed by atoms with E-state index in [1.54, 1.807) is 11.3 Å². The molecule has 0 aliphatic carbocycles. The van der Waals surface area contributed by atoms with E-state index in [4.69, 9.17) is 5.73 Å². The predicted molar refractivity (Wildman–Crippen MR) is 80.3 cm³/mol. The monoisotopic (exact) mass is 302 g/mol. The van der Waals surface area contributed by atoms with Gasteiger partial charge in [-0.05, 0) is 37.8 Å². The summed E-state index contributed by atoms with van der Waals surface area (Å²) >= 11 is 1.71. The maximum absolute atomic E-state index is 11.7. The Bertz CT molecular complexity index is 537. The third-order valence-electron chi connectivity index (χ3n) is 3.75. The van der Waals surface area contributed by atoms with E-state index in [-0.39, 0.29) is 29.6 Å². The number of rotatable bonds is 3. The smallest absolute Gasteiger partial charge is 0.153 e. The fraction of sp³-hybridized carbons (Fsp3) is 0.692. The molecular weight excluding hydrogens is 280 g/mol. The van der Waals surface area contributed by atoms with Crippen LogP contribution < -0.4 is 5.73 Å². The van der Waals surface area contributed by atoms with E-state index in [2.05, 4.69) is 23.3 Å². The van der Waals surface area contributed by atoms with Gasteiger partial charge in [-0.25, -0.2) is 8.42 Å². The van der Waals surface area contributed by atoms with E-state index >= 15 is 0 Å². The van der Waals surface area contributed by atoms with Crippen LogP contribution in [0, 0.1) is 6.92 Å². The molecule has 4 nitrogen and oxygen atoms in total. The van der Waals surface area contributed by atoms with Gasteiger partial charge in [-0.3, -0.25) is 4.90 Å². The van der Waals surface area contributed by atoms with Gasteiger partial charge in [0.1, 0.15) is 0 Å². The van der Waals surface area contributed by atoms with Crippen molar-refractivity contribution in [3.8, 4) is 0 Å². The number of sulfone groups is 1. The van der Waals surface area contributed by atoms with Crippen LogP contribution in [0.25, 0.3) is 0 Å². The number of aryl methyl sites for hydroxylation is 1. The zero-order valence-corrected chi connectivity index (χ0v) is 13.3. The van der Waals surface area contributed by atoms with E-state index in [1.165, 1.54) is 10.4 Å². The van der Waals surface area contributed by atoms with Gasteiger partial charge in [0.25, 0.3) is 0 Å². The SMILES string of the molecule is Cc1ccsc1C(C(C)N)N1CCS(=O)(=O)CC1C. The number of thiophene rings is 1. The molecule has 1 aromatic rings. The summed E-state index contributed by atoms with van der Waals surface area (Å²) in [4.78, 5) is 3.52. The Hall–Kier alpha value is -0.430. The first-order chi connectivity index (χ1) is 8.82. The van der Waals surface area contributed by atoms with Gasteiger partial charge in [-0.15, -0.1) is 11.3 Å².